The van der Waals surface area contributed by atoms with E-state index < -0.39 is 6.04 Å². The summed E-state index contributed by atoms with van der Waals surface area (Å²) in [5, 5.41) is 0.649. The predicted molar refractivity (Wildman–Crippen MR) is 149 cm³/mol. The standard InChI is InChI=1S/C30H40ClFN4O2/c1-22(37)36(20-24-7-3-2-4-8-24)21-29(26-9-5-6-10-27(26)32)34-15-17-35(18-16-34)30(38)28(33)19-23-11-13-25(31)14-12-23/h5-6,9-14,24,28-29H,2-4,7-8,15-21,33H2,1H3/t28-,29?/m1/s1. The lowest BCUT2D eigenvalue weighted by Crippen LogP contribution is -2.55. The molecule has 2 N–H and O–H groups in total. The van der Waals surface area contributed by atoms with Crippen molar-refractivity contribution in [2.24, 2.45) is 11.7 Å². The van der Waals surface area contributed by atoms with Gasteiger partial charge in [0.15, 0.2) is 0 Å². The fourth-order valence-corrected chi connectivity index (χ4v) is 5.95. The number of benzene rings is 2. The van der Waals surface area contributed by atoms with E-state index in [9.17, 15) is 9.59 Å². The Kier molecular flexibility index (Phi) is 10.2. The number of nitrogens with two attached hydrogens (primary N) is 1. The number of carbonyl (C=O) groups is 2. The summed E-state index contributed by atoms with van der Waals surface area (Å²) in [6.45, 7) is 4.98. The van der Waals surface area contributed by atoms with Crippen molar-refractivity contribution in [1.29, 1.82) is 0 Å². The van der Waals surface area contributed by atoms with Crippen molar-refractivity contribution in [2.75, 3.05) is 39.3 Å². The van der Waals surface area contributed by atoms with Crippen molar-refractivity contribution in [1.82, 2.24) is 14.7 Å². The van der Waals surface area contributed by atoms with Gasteiger partial charge in [0, 0.05) is 56.8 Å². The molecule has 2 atom stereocenters. The molecule has 2 aromatic carbocycles. The maximum Gasteiger partial charge on any atom is 0.239 e. The Labute approximate surface area is 230 Å². The van der Waals surface area contributed by atoms with Crippen LogP contribution < -0.4 is 5.73 Å². The summed E-state index contributed by atoms with van der Waals surface area (Å²) in [5.41, 5.74) is 7.85. The van der Waals surface area contributed by atoms with Crippen molar-refractivity contribution in [2.45, 2.75) is 57.5 Å². The largest absolute Gasteiger partial charge is 0.341 e. The van der Waals surface area contributed by atoms with Crippen LogP contribution in [0, 0.1) is 11.7 Å². The van der Waals surface area contributed by atoms with Gasteiger partial charge in [0.05, 0.1) is 12.1 Å². The van der Waals surface area contributed by atoms with Crippen LogP contribution in [0.15, 0.2) is 48.5 Å². The Hall–Kier alpha value is -2.48. The fourth-order valence-electron chi connectivity index (χ4n) is 5.83. The van der Waals surface area contributed by atoms with Crippen LogP contribution >= 0.6 is 11.6 Å². The minimum atomic E-state index is -0.631. The Morgan fingerprint density at radius 2 is 1.68 bits per heavy atom. The van der Waals surface area contributed by atoms with E-state index in [1.165, 1.54) is 25.3 Å². The zero-order chi connectivity index (χ0) is 27.1. The van der Waals surface area contributed by atoms with Crippen LogP contribution in [0.4, 0.5) is 4.39 Å². The number of hydrogen-bond acceptors (Lipinski definition) is 4. The average Bonchev–Trinajstić information content (AvgIpc) is 2.93. The Morgan fingerprint density at radius 1 is 1.03 bits per heavy atom. The first-order valence-electron chi connectivity index (χ1n) is 13.8. The molecular weight excluding hydrogens is 503 g/mol. The first kappa shape index (κ1) is 28.5. The van der Waals surface area contributed by atoms with Gasteiger partial charge in [-0.1, -0.05) is 61.2 Å². The van der Waals surface area contributed by atoms with Crippen molar-refractivity contribution >= 4 is 23.4 Å². The van der Waals surface area contributed by atoms with Gasteiger partial charge in [0.1, 0.15) is 5.82 Å². The second-order valence-electron chi connectivity index (χ2n) is 10.8. The third-order valence-electron chi connectivity index (χ3n) is 8.06. The number of amides is 2. The van der Waals surface area contributed by atoms with Crippen molar-refractivity contribution in [3.05, 3.63) is 70.5 Å². The molecule has 0 spiro atoms. The molecule has 0 bridgehead atoms. The highest BCUT2D eigenvalue weighted by atomic mass is 35.5. The third-order valence-corrected chi connectivity index (χ3v) is 8.31. The van der Waals surface area contributed by atoms with Crippen LogP contribution in [0.1, 0.15) is 56.2 Å². The van der Waals surface area contributed by atoms with E-state index in [0.717, 1.165) is 24.9 Å². The van der Waals surface area contributed by atoms with Crippen LogP contribution in [0.5, 0.6) is 0 Å². The molecule has 2 amide bonds. The molecule has 0 radical (unpaired) electrons. The lowest BCUT2D eigenvalue weighted by molar-refractivity contribution is -0.135. The number of nitrogens with zero attached hydrogens (tertiary/aromatic N) is 3. The number of piperazine rings is 1. The first-order valence-corrected chi connectivity index (χ1v) is 14.2. The van der Waals surface area contributed by atoms with Gasteiger partial charge in [0.2, 0.25) is 11.8 Å². The highest BCUT2D eigenvalue weighted by molar-refractivity contribution is 6.30. The molecule has 206 valence electrons. The zero-order valence-electron chi connectivity index (χ0n) is 22.3. The highest BCUT2D eigenvalue weighted by Gasteiger charge is 2.32. The lowest BCUT2D eigenvalue weighted by atomic mass is 9.88. The lowest BCUT2D eigenvalue weighted by Gasteiger charge is -2.42. The molecule has 1 aliphatic carbocycles. The van der Waals surface area contributed by atoms with Gasteiger partial charge in [0.25, 0.3) is 0 Å². The van der Waals surface area contributed by atoms with Crippen molar-refractivity contribution < 1.29 is 14.0 Å². The van der Waals surface area contributed by atoms with E-state index >= 15 is 4.39 Å². The number of halogens is 2. The number of hydrogen-bond donors (Lipinski definition) is 1. The molecule has 1 saturated carbocycles. The van der Waals surface area contributed by atoms with E-state index in [-0.39, 0.29) is 23.7 Å². The van der Waals surface area contributed by atoms with E-state index in [0.29, 0.717) is 55.6 Å². The maximum atomic E-state index is 15.0. The third kappa shape index (κ3) is 7.55. The Balaban J connectivity index is 1.42. The summed E-state index contributed by atoms with van der Waals surface area (Å²) in [6.07, 6.45) is 6.42. The van der Waals surface area contributed by atoms with Gasteiger partial charge in [-0.05, 0) is 48.9 Å². The molecule has 2 aromatic rings. The quantitative estimate of drug-likeness (QED) is 0.500. The number of carbonyl (C=O) groups excluding carboxylic acids is 2. The average molecular weight is 543 g/mol. The van der Waals surface area contributed by atoms with Gasteiger partial charge in [-0.2, -0.15) is 0 Å². The van der Waals surface area contributed by atoms with Crippen LogP contribution in [-0.2, 0) is 16.0 Å². The van der Waals surface area contributed by atoms with Crippen LogP contribution in [-0.4, -0.2) is 71.8 Å². The minimum absolute atomic E-state index is 0.0268. The molecule has 1 heterocycles. The molecule has 1 aliphatic heterocycles. The summed E-state index contributed by atoms with van der Waals surface area (Å²) in [5.74, 6) is 0.191. The topological polar surface area (TPSA) is 69.9 Å². The van der Waals surface area contributed by atoms with E-state index in [1.54, 1.807) is 30.0 Å². The SMILES string of the molecule is CC(=O)N(CC1CCCCC1)CC(c1ccccc1F)N1CCN(C(=O)[C@H](N)Cc2ccc(Cl)cc2)CC1. The predicted octanol–water partition coefficient (Wildman–Crippen LogP) is 4.66. The van der Waals surface area contributed by atoms with Gasteiger partial charge < -0.3 is 15.5 Å². The molecule has 2 aliphatic rings. The van der Waals surface area contributed by atoms with E-state index in [1.807, 2.05) is 29.2 Å². The van der Waals surface area contributed by atoms with Crippen LogP contribution in [0.25, 0.3) is 0 Å². The number of rotatable bonds is 9. The second kappa shape index (κ2) is 13.5. The molecule has 38 heavy (non-hydrogen) atoms. The monoisotopic (exact) mass is 542 g/mol. The van der Waals surface area contributed by atoms with E-state index in [2.05, 4.69) is 4.90 Å². The second-order valence-corrected chi connectivity index (χ2v) is 11.2. The summed E-state index contributed by atoms with van der Waals surface area (Å²) in [6, 6.07) is 13.3. The smallest absolute Gasteiger partial charge is 0.239 e. The summed E-state index contributed by atoms with van der Waals surface area (Å²) < 4.78 is 15.0. The van der Waals surface area contributed by atoms with Gasteiger partial charge >= 0.3 is 0 Å². The molecule has 1 saturated heterocycles. The maximum absolute atomic E-state index is 15.0. The minimum Gasteiger partial charge on any atom is -0.341 e. The first-order chi connectivity index (χ1) is 18.3. The zero-order valence-corrected chi connectivity index (χ0v) is 23.1. The Morgan fingerprint density at radius 3 is 2.32 bits per heavy atom. The molecule has 8 heteroatoms. The summed E-state index contributed by atoms with van der Waals surface area (Å²) in [4.78, 5) is 31.7. The van der Waals surface area contributed by atoms with E-state index in [4.69, 9.17) is 17.3 Å². The molecule has 1 unspecified atom stereocenters. The van der Waals surface area contributed by atoms with Gasteiger partial charge in [-0.25, -0.2) is 4.39 Å². The van der Waals surface area contributed by atoms with Crippen molar-refractivity contribution in [3.63, 3.8) is 0 Å². The summed E-state index contributed by atoms with van der Waals surface area (Å²) >= 11 is 5.97. The Bertz CT molecular complexity index is 1070. The van der Waals surface area contributed by atoms with Gasteiger partial charge in [-0.3, -0.25) is 14.5 Å². The summed E-state index contributed by atoms with van der Waals surface area (Å²) in [7, 11) is 0. The molecular formula is C30H40ClFN4O2. The van der Waals surface area contributed by atoms with Gasteiger partial charge in [-0.15, -0.1) is 0 Å². The molecule has 0 aromatic heterocycles. The normalized spacial score (nSPS) is 18.7. The highest BCUT2D eigenvalue weighted by Crippen LogP contribution is 2.29. The van der Waals surface area contributed by atoms with Crippen LogP contribution in [0.3, 0.4) is 0 Å². The fraction of sp³-hybridized carbons (Fsp3) is 0.533. The molecule has 2 fully saturated rings. The van der Waals surface area contributed by atoms with Crippen molar-refractivity contribution in [3.8, 4) is 0 Å². The van der Waals surface area contributed by atoms with Crippen LogP contribution in [0.2, 0.25) is 5.02 Å². The molecule has 6 nitrogen and oxygen atoms in total. The molecule has 4 rings (SSSR count).